The van der Waals surface area contributed by atoms with E-state index in [1.165, 1.54) is 32.9 Å². The molecule has 266 valence electrons. The standard InChI is InChI=1S/C50H41N5/c1-50(2,3)55-46(38-18-22-40(23-19-38)53(42-28-32-51-33-29-42)48-16-8-12-36-10-4-6-14-44(36)48)26-27-47(55)39-20-24-41(25-21-39)54(43-30-34-52-35-31-43)49-17-9-13-37-11-5-7-15-45(37)49/h4-35H,1-3H3. The Hall–Kier alpha value is -6.98. The SMILES string of the molecule is CC(C)(C)n1c(-c2ccc(N(c3ccncc3)c3cccc4ccccc34)cc2)ccc1-c1ccc(N(c2ccncc2)c2cccc3ccccc23)cc1. The van der Waals surface area contributed by atoms with Crippen molar-refractivity contribution in [2.45, 2.75) is 26.3 Å². The molecular formula is C50H41N5. The number of benzene rings is 6. The highest BCUT2D eigenvalue weighted by atomic mass is 15.2. The van der Waals surface area contributed by atoms with Crippen LogP contribution in [0.4, 0.5) is 34.1 Å². The number of aromatic nitrogens is 3. The van der Waals surface area contributed by atoms with Gasteiger partial charge in [-0.3, -0.25) is 9.97 Å². The van der Waals surface area contributed by atoms with E-state index in [9.17, 15) is 0 Å². The maximum atomic E-state index is 4.31. The molecule has 6 aromatic carbocycles. The molecule has 0 unspecified atom stereocenters. The Morgan fingerprint density at radius 1 is 0.382 bits per heavy atom. The summed E-state index contributed by atoms with van der Waals surface area (Å²) >= 11 is 0. The van der Waals surface area contributed by atoms with Crippen LogP contribution >= 0.6 is 0 Å². The van der Waals surface area contributed by atoms with Crippen LogP contribution in [0.5, 0.6) is 0 Å². The minimum absolute atomic E-state index is 0.177. The van der Waals surface area contributed by atoms with E-state index in [2.05, 4.69) is 215 Å². The molecule has 0 amide bonds. The van der Waals surface area contributed by atoms with Crippen LogP contribution in [0.15, 0.2) is 195 Å². The first kappa shape index (κ1) is 33.8. The topological polar surface area (TPSA) is 37.2 Å². The minimum atomic E-state index is -0.177. The fourth-order valence-corrected chi connectivity index (χ4v) is 7.82. The van der Waals surface area contributed by atoms with Gasteiger partial charge in [-0.1, -0.05) is 97.1 Å². The van der Waals surface area contributed by atoms with Gasteiger partial charge in [0, 0.05) is 75.2 Å². The van der Waals surface area contributed by atoms with Gasteiger partial charge in [0.1, 0.15) is 0 Å². The van der Waals surface area contributed by atoms with Crippen molar-refractivity contribution in [3.63, 3.8) is 0 Å². The van der Waals surface area contributed by atoms with Crippen LogP contribution in [-0.2, 0) is 5.54 Å². The number of fused-ring (bicyclic) bond motifs is 2. The molecule has 0 atom stereocenters. The maximum absolute atomic E-state index is 4.31. The Morgan fingerprint density at radius 2 is 0.745 bits per heavy atom. The van der Waals surface area contributed by atoms with Crippen molar-refractivity contribution >= 4 is 55.7 Å². The molecule has 5 nitrogen and oxygen atoms in total. The lowest BCUT2D eigenvalue weighted by Gasteiger charge is -2.29. The summed E-state index contributed by atoms with van der Waals surface area (Å²) in [6.07, 6.45) is 7.41. The van der Waals surface area contributed by atoms with Gasteiger partial charge >= 0.3 is 0 Å². The molecule has 0 spiro atoms. The summed E-state index contributed by atoms with van der Waals surface area (Å²) in [6.45, 7) is 6.83. The van der Waals surface area contributed by atoms with Gasteiger partial charge in [-0.25, -0.2) is 0 Å². The molecule has 0 aliphatic heterocycles. The highest BCUT2D eigenvalue weighted by Crippen LogP contribution is 2.42. The van der Waals surface area contributed by atoms with E-state index in [4.69, 9.17) is 0 Å². The molecule has 9 aromatic rings. The summed E-state index contributed by atoms with van der Waals surface area (Å²) in [5.41, 5.74) is 11.0. The van der Waals surface area contributed by atoms with Crippen LogP contribution in [0.25, 0.3) is 44.1 Å². The summed E-state index contributed by atoms with van der Waals surface area (Å²) in [5.74, 6) is 0. The van der Waals surface area contributed by atoms with E-state index in [1.54, 1.807) is 0 Å². The molecule has 0 aliphatic rings. The van der Waals surface area contributed by atoms with Crippen LogP contribution in [0.3, 0.4) is 0 Å². The van der Waals surface area contributed by atoms with Gasteiger partial charge < -0.3 is 14.4 Å². The van der Waals surface area contributed by atoms with E-state index in [0.717, 1.165) is 45.3 Å². The van der Waals surface area contributed by atoms with Gasteiger partial charge in [0.2, 0.25) is 0 Å². The van der Waals surface area contributed by atoms with Crippen LogP contribution in [-0.4, -0.2) is 14.5 Å². The van der Waals surface area contributed by atoms with Gasteiger partial charge in [0.05, 0.1) is 11.4 Å². The van der Waals surface area contributed by atoms with Gasteiger partial charge in [0.25, 0.3) is 0 Å². The van der Waals surface area contributed by atoms with Gasteiger partial charge in [-0.2, -0.15) is 0 Å². The molecule has 0 N–H and O–H groups in total. The second kappa shape index (κ2) is 14.1. The molecule has 0 saturated carbocycles. The zero-order chi connectivity index (χ0) is 37.4. The Bertz CT molecular complexity index is 2530. The van der Waals surface area contributed by atoms with Gasteiger partial charge in [0.15, 0.2) is 0 Å². The van der Waals surface area contributed by atoms with E-state index >= 15 is 0 Å². The molecule has 0 saturated heterocycles. The Kier molecular flexibility index (Phi) is 8.68. The largest absolute Gasteiger partial charge is 0.335 e. The molecule has 3 heterocycles. The number of pyridine rings is 2. The second-order valence-electron chi connectivity index (χ2n) is 14.8. The fraction of sp³-hybridized carbons (Fsp3) is 0.0800. The first-order chi connectivity index (χ1) is 26.9. The maximum Gasteiger partial charge on any atom is 0.0540 e. The smallest absolute Gasteiger partial charge is 0.0540 e. The Balaban J connectivity index is 1.09. The zero-order valence-corrected chi connectivity index (χ0v) is 31.2. The fourth-order valence-electron chi connectivity index (χ4n) is 7.82. The molecule has 5 heteroatoms. The summed E-state index contributed by atoms with van der Waals surface area (Å²) in [5, 5.41) is 4.81. The van der Waals surface area contributed by atoms with Crippen LogP contribution in [0.2, 0.25) is 0 Å². The van der Waals surface area contributed by atoms with E-state index in [1.807, 2.05) is 24.8 Å². The van der Waals surface area contributed by atoms with E-state index in [0.29, 0.717) is 0 Å². The Morgan fingerprint density at radius 3 is 1.15 bits per heavy atom. The quantitative estimate of drug-likeness (QED) is 0.157. The van der Waals surface area contributed by atoms with Crippen molar-refractivity contribution in [2.24, 2.45) is 0 Å². The summed E-state index contributed by atoms with van der Waals surface area (Å²) < 4.78 is 2.47. The number of rotatable bonds is 8. The average Bonchev–Trinajstić information content (AvgIpc) is 3.69. The predicted molar refractivity (Wildman–Crippen MR) is 230 cm³/mol. The van der Waals surface area contributed by atoms with Crippen molar-refractivity contribution in [2.75, 3.05) is 9.80 Å². The van der Waals surface area contributed by atoms with Crippen molar-refractivity contribution in [3.8, 4) is 22.5 Å². The lowest BCUT2D eigenvalue weighted by Crippen LogP contribution is -2.23. The Labute approximate surface area is 322 Å². The lowest BCUT2D eigenvalue weighted by molar-refractivity contribution is 0.407. The van der Waals surface area contributed by atoms with Crippen LogP contribution in [0, 0.1) is 0 Å². The molecule has 9 rings (SSSR count). The molecule has 0 fully saturated rings. The monoisotopic (exact) mass is 711 g/mol. The van der Waals surface area contributed by atoms with E-state index in [-0.39, 0.29) is 5.54 Å². The minimum Gasteiger partial charge on any atom is -0.335 e. The number of hydrogen-bond donors (Lipinski definition) is 0. The molecule has 55 heavy (non-hydrogen) atoms. The summed E-state index contributed by atoms with van der Waals surface area (Å²) in [4.78, 5) is 13.3. The van der Waals surface area contributed by atoms with Crippen molar-refractivity contribution < 1.29 is 0 Å². The van der Waals surface area contributed by atoms with Gasteiger partial charge in [-0.05, 0) is 115 Å². The van der Waals surface area contributed by atoms with Crippen LogP contribution in [0.1, 0.15) is 20.8 Å². The number of hydrogen-bond acceptors (Lipinski definition) is 4. The zero-order valence-electron chi connectivity index (χ0n) is 31.2. The number of nitrogens with zero attached hydrogens (tertiary/aromatic N) is 5. The first-order valence-corrected chi connectivity index (χ1v) is 18.7. The highest BCUT2D eigenvalue weighted by Gasteiger charge is 2.23. The third kappa shape index (κ3) is 6.40. The van der Waals surface area contributed by atoms with Crippen molar-refractivity contribution in [1.29, 1.82) is 0 Å². The average molecular weight is 712 g/mol. The first-order valence-electron chi connectivity index (χ1n) is 18.7. The molecular weight excluding hydrogens is 671 g/mol. The number of anilines is 6. The molecule has 0 bridgehead atoms. The second-order valence-corrected chi connectivity index (χ2v) is 14.8. The third-order valence-electron chi connectivity index (χ3n) is 10.3. The lowest BCUT2D eigenvalue weighted by atomic mass is 10.0. The highest BCUT2D eigenvalue weighted by molar-refractivity contribution is 6.00. The predicted octanol–water partition coefficient (Wildman–Crippen LogP) is 13.6. The van der Waals surface area contributed by atoms with Crippen LogP contribution < -0.4 is 9.80 Å². The summed E-state index contributed by atoms with van der Waals surface area (Å²) in [6, 6.07) is 60.8. The van der Waals surface area contributed by atoms with Crippen molar-refractivity contribution in [1.82, 2.24) is 14.5 Å². The normalized spacial score (nSPS) is 11.5. The van der Waals surface area contributed by atoms with Gasteiger partial charge in [-0.15, -0.1) is 0 Å². The van der Waals surface area contributed by atoms with Crippen molar-refractivity contribution in [3.05, 3.63) is 195 Å². The molecule has 0 aliphatic carbocycles. The third-order valence-corrected chi connectivity index (χ3v) is 10.3. The molecule has 0 radical (unpaired) electrons. The molecule has 3 aromatic heterocycles. The van der Waals surface area contributed by atoms with E-state index < -0.39 is 0 Å². The summed E-state index contributed by atoms with van der Waals surface area (Å²) in [7, 11) is 0.